The van der Waals surface area contributed by atoms with Gasteiger partial charge in [-0.15, -0.1) is 0 Å². The van der Waals surface area contributed by atoms with Crippen molar-refractivity contribution >= 4 is 21.4 Å². The fraction of sp³-hybridized carbons (Fsp3) is 0.417. The van der Waals surface area contributed by atoms with Gasteiger partial charge in [-0.3, -0.25) is 4.79 Å². The molecule has 0 fully saturated rings. The van der Waals surface area contributed by atoms with E-state index in [0.717, 1.165) is 0 Å². The lowest BCUT2D eigenvalue weighted by Crippen LogP contribution is -2.29. The molecule has 1 rings (SSSR count). The number of carbonyl (C=O) groups is 1. The Labute approximate surface area is 112 Å². The summed E-state index contributed by atoms with van der Waals surface area (Å²) >= 11 is 0. The molecule has 19 heavy (non-hydrogen) atoms. The second-order valence-electron chi connectivity index (χ2n) is 3.99. The molecule has 0 aromatic heterocycles. The van der Waals surface area contributed by atoms with Gasteiger partial charge >= 0.3 is 0 Å². The van der Waals surface area contributed by atoms with Gasteiger partial charge in [0.15, 0.2) is 9.84 Å². The third-order valence-corrected chi connectivity index (χ3v) is 4.27. The Morgan fingerprint density at radius 1 is 1.37 bits per heavy atom. The summed E-state index contributed by atoms with van der Waals surface area (Å²) in [4.78, 5) is 11.8. The van der Waals surface area contributed by atoms with Crippen LogP contribution in [-0.2, 0) is 9.84 Å². The average Bonchev–Trinajstić information content (AvgIpc) is 2.37. The van der Waals surface area contributed by atoms with Gasteiger partial charge in [-0.1, -0.05) is 6.92 Å². The van der Waals surface area contributed by atoms with Crippen molar-refractivity contribution in [3.63, 3.8) is 0 Å². The van der Waals surface area contributed by atoms with E-state index in [1.165, 1.54) is 13.2 Å². The van der Waals surface area contributed by atoms with Crippen LogP contribution in [-0.4, -0.2) is 39.5 Å². The third kappa shape index (κ3) is 4.78. The van der Waals surface area contributed by atoms with E-state index in [0.29, 0.717) is 17.0 Å². The van der Waals surface area contributed by atoms with E-state index < -0.39 is 9.84 Å². The van der Waals surface area contributed by atoms with Crippen LogP contribution < -0.4 is 15.8 Å². The molecule has 0 aliphatic heterocycles. The first-order valence-corrected chi connectivity index (χ1v) is 7.63. The van der Waals surface area contributed by atoms with Crippen LogP contribution in [0, 0.1) is 0 Å². The summed E-state index contributed by atoms with van der Waals surface area (Å²) in [6.07, 6.45) is 0. The number of benzene rings is 1. The molecule has 1 aromatic carbocycles. The SMILES string of the molecule is CCS(=O)(=O)CCNC(=O)c1cc(N)cc(OC)c1. The Hall–Kier alpha value is -1.76. The Morgan fingerprint density at radius 3 is 2.63 bits per heavy atom. The van der Waals surface area contributed by atoms with Gasteiger partial charge in [-0.25, -0.2) is 8.42 Å². The molecule has 0 aliphatic carbocycles. The Morgan fingerprint density at radius 2 is 2.05 bits per heavy atom. The number of hydrogen-bond donors (Lipinski definition) is 2. The maximum absolute atomic E-state index is 11.8. The zero-order chi connectivity index (χ0) is 14.5. The van der Waals surface area contributed by atoms with Crippen molar-refractivity contribution in [2.45, 2.75) is 6.92 Å². The highest BCUT2D eigenvalue weighted by atomic mass is 32.2. The number of methoxy groups -OCH3 is 1. The highest BCUT2D eigenvalue weighted by molar-refractivity contribution is 7.91. The molecule has 106 valence electrons. The molecular weight excluding hydrogens is 268 g/mol. The van der Waals surface area contributed by atoms with Crippen molar-refractivity contribution in [1.29, 1.82) is 0 Å². The van der Waals surface area contributed by atoms with E-state index in [9.17, 15) is 13.2 Å². The number of nitrogen functional groups attached to an aromatic ring is 1. The number of anilines is 1. The molecule has 0 heterocycles. The molecule has 0 saturated carbocycles. The zero-order valence-electron chi connectivity index (χ0n) is 11.0. The van der Waals surface area contributed by atoms with Crippen LogP contribution in [0.15, 0.2) is 18.2 Å². The van der Waals surface area contributed by atoms with Gasteiger partial charge in [0.05, 0.1) is 12.9 Å². The summed E-state index contributed by atoms with van der Waals surface area (Å²) in [5, 5.41) is 2.54. The summed E-state index contributed by atoms with van der Waals surface area (Å²) in [5.41, 5.74) is 6.38. The molecule has 0 atom stereocenters. The molecular formula is C12H18N2O4S. The Balaban J connectivity index is 2.66. The van der Waals surface area contributed by atoms with Crippen molar-refractivity contribution in [1.82, 2.24) is 5.32 Å². The van der Waals surface area contributed by atoms with E-state index in [1.54, 1.807) is 19.1 Å². The largest absolute Gasteiger partial charge is 0.497 e. The van der Waals surface area contributed by atoms with Crippen LogP contribution in [0.5, 0.6) is 5.75 Å². The molecule has 0 unspecified atom stereocenters. The van der Waals surface area contributed by atoms with Crippen LogP contribution in [0.4, 0.5) is 5.69 Å². The minimum absolute atomic E-state index is 0.0645. The lowest BCUT2D eigenvalue weighted by molar-refractivity contribution is 0.0956. The maximum atomic E-state index is 11.8. The smallest absolute Gasteiger partial charge is 0.251 e. The molecule has 1 amide bonds. The van der Waals surface area contributed by atoms with E-state index in [-0.39, 0.29) is 24.0 Å². The van der Waals surface area contributed by atoms with Crippen molar-refractivity contribution < 1.29 is 17.9 Å². The predicted octanol–water partition coefficient (Wildman–Crippen LogP) is 0.442. The number of nitrogens with one attached hydrogen (secondary N) is 1. The van der Waals surface area contributed by atoms with Crippen LogP contribution in [0.2, 0.25) is 0 Å². The topological polar surface area (TPSA) is 98.5 Å². The summed E-state index contributed by atoms with van der Waals surface area (Å²) in [5.74, 6) is 0.0900. The lowest BCUT2D eigenvalue weighted by Gasteiger charge is -2.08. The van der Waals surface area contributed by atoms with Crippen molar-refractivity contribution in [3.05, 3.63) is 23.8 Å². The predicted molar refractivity (Wildman–Crippen MR) is 74.1 cm³/mol. The molecule has 0 bridgehead atoms. The Kier molecular flexibility index (Phi) is 5.17. The third-order valence-electron chi connectivity index (χ3n) is 2.57. The van der Waals surface area contributed by atoms with Crippen LogP contribution in [0.1, 0.15) is 17.3 Å². The van der Waals surface area contributed by atoms with Crippen LogP contribution >= 0.6 is 0 Å². The van der Waals surface area contributed by atoms with Crippen LogP contribution in [0.3, 0.4) is 0 Å². The minimum Gasteiger partial charge on any atom is -0.497 e. The van der Waals surface area contributed by atoms with E-state index in [4.69, 9.17) is 10.5 Å². The highest BCUT2D eigenvalue weighted by Crippen LogP contribution is 2.18. The first kappa shape index (κ1) is 15.3. The molecule has 0 radical (unpaired) electrons. The lowest BCUT2D eigenvalue weighted by atomic mass is 10.2. The normalized spacial score (nSPS) is 11.1. The monoisotopic (exact) mass is 286 g/mol. The number of carbonyl (C=O) groups excluding carboxylic acids is 1. The molecule has 0 spiro atoms. The molecule has 0 aliphatic rings. The van der Waals surface area contributed by atoms with Gasteiger partial charge in [0.25, 0.3) is 5.91 Å². The summed E-state index contributed by atoms with van der Waals surface area (Å²) in [6, 6.07) is 4.64. The number of ether oxygens (including phenoxy) is 1. The van der Waals surface area contributed by atoms with Crippen molar-refractivity contribution in [2.24, 2.45) is 0 Å². The van der Waals surface area contributed by atoms with E-state index in [2.05, 4.69) is 5.32 Å². The van der Waals surface area contributed by atoms with Gasteiger partial charge in [-0.05, 0) is 12.1 Å². The fourth-order valence-electron chi connectivity index (χ4n) is 1.44. The minimum atomic E-state index is -3.08. The molecule has 3 N–H and O–H groups in total. The van der Waals surface area contributed by atoms with Crippen LogP contribution in [0.25, 0.3) is 0 Å². The van der Waals surface area contributed by atoms with E-state index in [1.807, 2.05) is 0 Å². The number of hydrogen-bond acceptors (Lipinski definition) is 5. The number of nitrogens with two attached hydrogens (primary N) is 1. The van der Waals surface area contributed by atoms with Gasteiger partial charge in [0, 0.05) is 29.6 Å². The zero-order valence-corrected chi connectivity index (χ0v) is 11.8. The van der Waals surface area contributed by atoms with Crippen molar-refractivity contribution in [2.75, 3.05) is 30.9 Å². The molecule has 6 nitrogen and oxygen atoms in total. The van der Waals surface area contributed by atoms with Gasteiger partial charge in [-0.2, -0.15) is 0 Å². The molecule has 0 saturated heterocycles. The quantitative estimate of drug-likeness (QED) is 0.739. The summed E-state index contributed by atoms with van der Waals surface area (Å²) in [7, 11) is -1.61. The number of rotatable bonds is 6. The summed E-state index contributed by atoms with van der Waals surface area (Å²) in [6.45, 7) is 1.64. The first-order valence-electron chi connectivity index (χ1n) is 5.81. The van der Waals surface area contributed by atoms with E-state index >= 15 is 0 Å². The molecule has 7 heteroatoms. The standard InChI is InChI=1S/C12H18N2O4S/c1-3-19(16,17)5-4-14-12(15)9-6-10(13)8-11(7-9)18-2/h6-8H,3-5,13H2,1-2H3,(H,14,15). The van der Waals surface area contributed by atoms with Gasteiger partial charge in [0.2, 0.25) is 0 Å². The first-order chi connectivity index (χ1) is 8.88. The second kappa shape index (κ2) is 6.42. The number of sulfone groups is 1. The second-order valence-corrected chi connectivity index (χ2v) is 6.46. The molecule has 1 aromatic rings. The maximum Gasteiger partial charge on any atom is 0.251 e. The number of amides is 1. The van der Waals surface area contributed by atoms with Gasteiger partial charge in [0.1, 0.15) is 5.75 Å². The van der Waals surface area contributed by atoms with Crippen molar-refractivity contribution in [3.8, 4) is 5.75 Å². The van der Waals surface area contributed by atoms with Gasteiger partial charge < -0.3 is 15.8 Å². The summed E-state index contributed by atoms with van der Waals surface area (Å²) < 4.78 is 27.6. The Bertz CT molecular complexity index is 555. The average molecular weight is 286 g/mol. The highest BCUT2D eigenvalue weighted by Gasteiger charge is 2.11. The fourth-order valence-corrected chi connectivity index (χ4v) is 2.14.